The van der Waals surface area contributed by atoms with E-state index in [1.54, 1.807) is 0 Å². The largest absolute Gasteiger partial charge is 0.417 e. The van der Waals surface area contributed by atoms with E-state index in [4.69, 9.17) is 5.73 Å². The molecule has 0 bridgehead atoms. The Hall–Kier alpha value is -2.36. The van der Waals surface area contributed by atoms with Crippen molar-refractivity contribution in [3.05, 3.63) is 23.9 Å². The average molecular weight is 345 g/mol. The fourth-order valence-corrected chi connectivity index (χ4v) is 2.40. The highest BCUT2D eigenvalue weighted by atomic mass is 19.4. The summed E-state index contributed by atoms with van der Waals surface area (Å²) in [6, 6.07) is 1.50. The SMILES string of the molecule is NC(=O)NC(=O)CCN1CCN(c2ccc(C(F)(F)F)cn2)CC1. The fourth-order valence-electron chi connectivity index (χ4n) is 2.40. The lowest BCUT2D eigenvalue weighted by Crippen LogP contribution is -2.47. The first-order valence-electron chi connectivity index (χ1n) is 7.35. The van der Waals surface area contributed by atoms with Gasteiger partial charge in [0.1, 0.15) is 5.82 Å². The van der Waals surface area contributed by atoms with Gasteiger partial charge in [-0.2, -0.15) is 13.2 Å². The second-order valence-corrected chi connectivity index (χ2v) is 5.39. The molecular weight excluding hydrogens is 327 g/mol. The van der Waals surface area contributed by atoms with Crippen LogP contribution in [0.2, 0.25) is 0 Å². The molecule has 0 aromatic carbocycles. The molecule has 0 radical (unpaired) electrons. The summed E-state index contributed by atoms with van der Waals surface area (Å²) in [6.45, 7) is 2.96. The third-order valence-electron chi connectivity index (χ3n) is 3.69. The number of hydrogen-bond donors (Lipinski definition) is 2. The van der Waals surface area contributed by atoms with Gasteiger partial charge in [-0.05, 0) is 12.1 Å². The van der Waals surface area contributed by atoms with Crippen LogP contribution in [-0.2, 0) is 11.0 Å². The quantitative estimate of drug-likeness (QED) is 0.843. The molecule has 3 N–H and O–H groups in total. The number of piperazine rings is 1. The topological polar surface area (TPSA) is 91.6 Å². The third kappa shape index (κ3) is 5.08. The van der Waals surface area contributed by atoms with Gasteiger partial charge in [0.2, 0.25) is 5.91 Å². The van der Waals surface area contributed by atoms with Gasteiger partial charge in [0, 0.05) is 45.3 Å². The van der Waals surface area contributed by atoms with Crippen LogP contribution < -0.4 is 16.0 Å². The molecule has 2 rings (SSSR count). The predicted molar refractivity (Wildman–Crippen MR) is 80.2 cm³/mol. The van der Waals surface area contributed by atoms with Crippen LogP contribution in [0.25, 0.3) is 0 Å². The number of halogens is 3. The summed E-state index contributed by atoms with van der Waals surface area (Å²) in [6.07, 6.45) is -3.41. The van der Waals surface area contributed by atoms with Crippen LogP contribution in [0, 0.1) is 0 Å². The summed E-state index contributed by atoms with van der Waals surface area (Å²) in [7, 11) is 0. The Kier molecular flexibility index (Phi) is 5.60. The Morgan fingerprint density at radius 1 is 1.21 bits per heavy atom. The Bertz CT molecular complexity index is 583. The summed E-state index contributed by atoms with van der Waals surface area (Å²) in [5.74, 6) is 0.0588. The van der Waals surface area contributed by atoms with Gasteiger partial charge in [0.15, 0.2) is 0 Å². The zero-order valence-corrected chi connectivity index (χ0v) is 12.8. The lowest BCUT2D eigenvalue weighted by molar-refractivity contribution is -0.137. The van der Waals surface area contributed by atoms with Gasteiger partial charge < -0.3 is 10.6 Å². The second-order valence-electron chi connectivity index (χ2n) is 5.39. The molecule has 0 unspecified atom stereocenters. The smallest absolute Gasteiger partial charge is 0.354 e. The molecule has 1 aliphatic heterocycles. The van der Waals surface area contributed by atoms with Crippen molar-refractivity contribution in [3.8, 4) is 0 Å². The molecule has 132 valence electrons. The lowest BCUT2D eigenvalue weighted by atomic mass is 10.2. The number of anilines is 1. The van der Waals surface area contributed by atoms with E-state index >= 15 is 0 Å². The van der Waals surface area contributed by atoms with Crippen molar-refractivity contribution in [1.82, 2.24) is 15.2 Å². The number of carbonyl (C=O) groups is 2. The Balaban J connectivity index is 1.80. The number of urea groups is 1. The van der Waals surface area contributed by atoms with Crippen molar-refractivity contribution < 1.29 is 22.8 Å². The van der Waals surface area contributed by atoms with Gasteiger partial charge in [-0.3, -0.25) is 15.0 Å². The normalized spacial score (nSPS) is 16.0. The molecule has 1 fully saturated rings. The molecule has 0 saturated carbocycles. The maximum absolute atomic E-state index is 12.5. The molecule has 24 heavy (non-hydrogen) atoms. The van der Waals surface area contributed by atoms with Gasteiger partial charge in [0.05, 0.1) is 5.56 Å². The van der Waals surface area contributed by atoms with Gasteiger partial charge >= 0.3 is 12.2 Å². The first kappa shape index (κ1) is 18.0. The Morgan fingerprint density at radius 3 is 2.38 bits per heavy atom. The van der Waals surface area contributed by atoms with Gasteiger partial charge in [0.25, 0.3) is 0 Å². The minimum atomic E-state index is -4.39. The van der Waals surface area contributed by atoms with Crippen LogP contribution in [0.3, 0.4) is 0 Å². The number of primary amides is 1. The van der Waals surface area contributed by atoms with Gasteiger partial charge in [-0.15, -0.1) is 0 Å². The van der Waals surface area contributed by atoms with Crippen molar-refractivity contribution in [1.29, 1.82) is 0 Å². The summed E-state index contributed by atoms with van der Waals surface area (Å²) in [5, 5.41) is 2.00. The Labute approximate surface area is 136 Å². The van der Waals surface area contributed by atoms with E-state index in [0.717, 1.165) is 12.3 Å². The number of alkyl halides is 3. The van der Waals surface area contributed by atoms with Crippen LogP contribution in [0.4, 0.5) is 23.8 Å². The number of amides is 3. The number of pyridine rings is 1. The molecule has 3 amide bonds. The maximum Gasteiger partial charge on any atom is 0.417 e. The van der Waals surface area contributed by atoms with E-state index in [9.17, 15) is 22.8 Å². The molecule has 2 heterocycles. The molecule has 1 aliphatic rings. The molecular formula is C14H18F3N5O2. The van der Waals surface area contributed by atoms with E-state index in [0.29, 0.717) is 38.5 Å². The van der Waals surface area contributed by atoms with E-state index in [2.05, 4.69) is 4.98 Å². The van der Waals surface area contributed by atoms with Gasteiger partial charge in [-0.25, -0.2) is 9.78 Å². The molecule has 7 nitrogen and oxygen atoms in total. The van der Waals surface area contributed by atoms with E-state index < -0.39 is 23.7 Å². The molecule has 0 aliphatic carbocycles. The number of hydrogen-bond acceptors (Lipinski definition) is 5. The van der Waals surface area contributed by atoms with Crippen molar-refractivity contribution in [2.75, 3.05) is 37.6 Å². The number of rotatable bonds is 4. The van der Waals surface area contributed by atoms with Crippen LogP contribution in [0.15, 0.2) is 18.3 Å². The minimum Gasteiger partial charge on any atom is -0.354 e. The monoisotopic (exact) mass is 345 g/mol. The summed E-state index contributed by atoms with van der Waals surface area (Å²) in [4.78, 5) is 29.7. The molecule has 1 saturated heterocycles. The highest BCUT2D eigenvalue weighted by Crippen LogP contribution is 2.29. The fraction of sp³-hybridized carbons (Fsp3) is 0.500. The number of carbonyl (C=O) groups excluding carboxylic acids is 2. The highest BCUT2D eigenvalue weighted by molar-refractivity contribution is 5.93. The zero-order valence-electron chi connectivity index (χ0n) is 12.8. The van der Waals surface area contributed by atoms with Crippen molar-refractivity contribution in [2.24, 2.45) is 5.73 Å². The Morgan fingerprint density at radius 2 is 1.88 bits per heavy atom. The van der Waals surface area contributed by atoms with Crippen molar-refractivity contribution >= 4 is 17.8 Å². The van der Waals surface area contributed by atoms with Crippen molar-refractivity contribution in [3.63, 3.8) is 0 Å². The third-order valence-corrected chi connectivity index (χ3v) is 3.69. The number of nitrogens with zero attached hydrogens (tertiary/aromatic N) is 3. The number of nitrogens with one attached hydrogen (secondary N) is 1. The van der Waals surface area contributed by atoms with Crippen molar-refractivity contribution in [2.45, 2.75) is 12.6 Å². The first-order valence-corrected chi connectivity index (χ1v) is 7.35. The molecule has 1 aromatic rings. The molecule has 1 aromatic heterocycles. The second kappa shape index (κ2) is 7.47. The predicted octanol–water partition coefficient (Wildman–Crippen LogP) is 0.807. The van der Waals surface area contributed by atoms with Crippen LogP contribution in [-0.4, -0.2) is 54.5 Å². The minimum absolute atomic E-state index is 0.154. The average Bonchev–Trinajstić information content (AvgIpc) is 2.52. The van der Waals surface area contributed by atoms with Gasteiger partial charge in [-0.1, -0.05) is 0 Å². The summed E-state index contributed by atoms with van der Waals surface area (Å²) in [5.41, 5.74) is 4.08. The highest BCUT2D eigenvalue weighted by Gasteiger charge is 2.31. The lowest BCUT2D eigenvalue weighted by Gasteiger charge is -2.35. The number of nitrogens with two attached hydrogens (primary N) is 1. The summed E-state index contributed by atoms with van der Waals surface area (Å²) >= 11 is 0. The van der Waals surface area contributed by atoms with Crippen LogP contribution in [0.1, 0.15) is 12.0 Å². The van der Waals surface area contributed by atoms with Crippen LogP contribution in [0.5, 0.6) is 0 Å². The summed E-state index contributed by atoms with van der Waals surface area (Å²) < 4.78 is 37.6. The van der Waals surface area contributed by atoms with E-state index in [-0.39, 0.29) is 6.42 Å². The zero-order chi connectivity index (χ0) is 17.7. The van der Waals surface area contributed by atoms with Crippen LogP contribution >= 0.6 is 0 Å². The molecule has 0 atom stereocenters. The maximum atomic E-state index is 12.5. The van der Waals surface area contributed by atoms with E-state index in [1.807, 2.05) is 15.1 Å². The number of aromatic nitrogens is 1. The standard InChI is InChI=1S/C14H18F3N5O2/c15-14(16,17)10-1-2-11(19-9-10)22-7-5-21(6-8-22)4-3-12(23)20-13(18)24/h1-2,9H,3-8H2,(H3,18,20,23,24). The molecule has 0 spiro atoms. The molecule has 10 heteroatoms. The first-order chi connectivity index (χ1) is 11.3. The van der Waals surface area contributed by atoms with E-state index in [1.165, 1.54) is 6.07 Å². The number of imide groups is 1.